The van der Waals surface area contributed by atoms with Crippen LogP contribution in [-0.4, -0.2) is 0 Å². The Morgan fingerprint density at radius 2 is 1.89 bits per heavy atom. The topological polar surface area (TPSA) is 12.0 Å². The molecule has 0 saturated carbocycles. The number of nitrogens with one attached hydrogen (secondary N) is 1. The van der Waals surface area contributed by atoms with E-state index >= 15 is 0 Å². The highest BCUT2D eigenvalue weighted by Gasteiger charge is 2.02. The third-order valence-electron chi connectivity index (χ3n) is 2.33. The maximum Gasteiger partial charge on any atom is 0.125 e. The van der Waals surface area contributed by atoms with Crippen molar-refractivity contribution in [2.75, 3.05) is 5.32 Å². The Hall–Kier alpha value is -0.580. The summed E-state index contributed by atoms with van der Waals surface area (Å²) in [4.78, 5) is 0. The van der Waals surface area contributed by atoms with Crippen LogP contribution < -0.4 is 5.32 Å². The Kier molecular flexibility index (Phi) is 4.65. The zero-order chi connectivity index (χ0) is 13.1. The van der Waals surface area contributed by atoms with E-state index in [2.05, 4.69) is 37.2 Å². The lowest BCUT2D eigenvalue weighted by atomic mass is 10.2. The molecule has 0 aliphatic carbocycles. The number of anilines is 1. The summed E-state index contributed by atoms with van der Waals surface area (Å²) in [6, 6.07) is 10.3. The van der Waals surface area contributed by atoms with Crippen LogP contribution in [0.3, 0.4) is 0 Å². The SMILES string of the molecule is Fc1cc(Cl)cc(CNc2cc(Br)ccc2Br)c1. The minimum Gasteiger partial charge on any atom is -0.380 e. The van der Waals surface area contributed by atoms with E-state index in [0.717, 1.165) is 20.2 Å². The molecule has 0 aromatic heterocycles. The number of hydrogen-bond donors (Lipinski definition) is 1. The molecule has 94 valence electrons. The predicted molar refractivity (Wildman–Crippen MR) is 80.6 cm³/mol. The largest absolute Gasteiger partial charge is 0.380 e. The van der Waals surface area contributed by atoms with Crippen molar-refractivity contribution in [1.82, 2.24) is 0 Å². The molecular weight excluding hydrogens is 384 g/mol. The molecular formula is C13H9Br2ClFN. The van der Waals surface area contributed by atoms with Gasteiger partial charge in [-0.25, -0.2) is 4.39 Å². The number of benzene rings is 2. The summed E-state index contributed by atoms with van der Waals surface area (Å²) >= 11 is 12.7. The van der Waals surface area contributed by atoms with Crippen LogP contribution in [0.5, 0.6) is 0 Å². The second-order valence-electron chi connectivity index (χ2n) is 3.76. The van der Waals surface area contributed by atoms with E-state index in [9.17, 15) is 4.39 Å². The van der Waals surface area contributed by atoms with E-state index in [0.29, 0.717) is 11.6 Å². The molecule has 2 aromatic rings. The average molecular weight is 393 g/mol. The van der Waals surface area contributed by atoms with Crippen molar-refractivity contribution >= 4 is 49.1 Å². The van der Waals surface area contributed by atoms with Gasteiger partial charge in [-0.15, -0.1) is 0 Å². The molecule has 0 aliphatic rings. The predicted octanol–water partition coefficient (Wildman–Crippen LogP) is 5.62. The minimum atomic E-state index is -0.326. The van der Waals surface area contributed by atoms with Crippen LogP contribution in [-0.2, 0) is 6.54 Å². The fourth-order valence-corrected chi connectivity index (χ4v) is 2.54. The smallest absolute Gasteiger partial charge is 0.125 e. The van der Waals surface area contributed by atoms with Crippen molar-refractivity contribution in [3.05, 3.63) is 61.7 Å². The first-order valence-corrected chi connectivity index (χ1v) is 7.15. The highest BCUT2D eigenvalue weighted by Crippen LogP contribution is 2.26. The lowest BCUT2D eigenvalue weighted by Gasteiger charge is -2.09. The summed E-state index contributed by atoms with van der Waals surface area (Å²) in [5.41, 5.74) is 1.73. The van der Waals surface area contributed by atoms with Crippen molar-refractivity contribution in [3.63, 3.8) is 0 Å². The van der Waals surface area contributed by atoms with E-state index in [1.807, 2.05) is 18.2 Å². The van der Waals surface area contributed by atoms with Crippen molar-refractivity contribution in [2.24, 2.45) is 0 Å². The Labute approximate surface area is 127 Å². The molecule has 0 amide bonds. The van der Waals surface area contributed by atoms with Gasteiger partial charge in [0.2, 0.25) is 0 Å². The molecule has 0 unspecified atom stereocenters. The maximum atomic E-state index is 13.2. The van der Waals surface area contributed by atoms with Gasteiger partial charge in [-0.2, -0.15) is 0 Å². The lowest BCUT2D eigenvalue weighted by Crippen LogP contribution is -2.00. The third-order valence-corrected chi connectivity index (χ3v) is 3.74. The third kappa shape index (κ3) is 3.70. The maximum absolute atomic E-state index is 13.2. The summed E-state index contributed by atoms with van der Waals surface area (Å²) in [5.74, 6) is -0.326. The van der Waals surface area contributed by atoms with Crippen molar-refractivity contribution in [3.8, 4) is 0 Å². The quantitative estimate of drug-likeness (QED) is 0.714. The highest BCUT2D eigenvalue weighted by atomic mass is 79.9. The van der Waals surface area contributed by atoms with Gasteiger partial charge in [0.25, 0.3) is 0 Å². The first kappa shape index (κ1) is 13.8. The Morgan fingerprint density at radius 1 is 1.11 bits per heavy atom. The fraction of sp³-hybridized carbons (Fsp3) is 0.0769. The molecule has 18 heavy (non-hydrogen) atoms. The fourth-order valence-electron chi connectivity index (χ4n) is 1.54. The van der Waals surface area contributed by atoms with Gasteiger partial charge in [0, 0.05) is 26.2 Å². The molecule has 0 saturated heterocycles. The summed E-state index contributed by atoms with van der Waals surface area (Å²) in [6.07, 6.45) is 0. The Bertz CT molecular complexity index is 555. The van der Waals surface area contributed by atoms with Gasteiger partial charge in [0.05, 0.1) is 0 Å². The van der Waals surface area contributed by atoms with E-state index in [1.54, 1.807) is 6.07 Å². The van der Waals surface area contributed by atoms with Gasteiger partial charge >= 0.3 is 0 Å². The molecule has 0 bridgehead atoms. The number of rotatable bonds is 3. The standard InChI is InChI=1S/C13H9Br2ClFN/c14-9-1-2-12(15)13(5-9)18-7-8-3-10(16)6-11(17)4-8/h1-6,18H,7H2. The highest BCUT2D eigenvalue weighted by molar-refractivity contribution is 9.11. The van der Waals surface area contributed by atoms with Gasteiger partial charge in [-0.05, 0) is 57.9 Å². The lowest BCUT2D eigenvalue weighted by molar-refractivity contribution is 0.626. The van der Waals surface area contributed by atoms with Crippen LogP contribution in [0.2, 0.25) is 5.02 Å². The molecule has 2 aromatic carbocycles. The first-order chi connectivity index (χ1) is 8.54. The molecule has 0 heterocycles. The van der Waals surface area contributed by atoms with E-state index in [1.165, 1.54) is 12.1 Å². The van der Waals surface area contributed by atoms with Gasteiger partial charge in [0.15, 0.2) is 0 Å². The molecule has 0 atom stereocenters. The van der Waals surface area contributed by atoms with E-state index in [4.69, 9.17) is 11.6 Å². The zero-order valence-corrected chi connectivity index (χ0v) is 13.1. The Balaban J connectivity index is 2.13. The molecule has 5 heteroatoms. The minimum absolute atomic E-state index is 0.326. The molecule has 1 N–H and O–H groups in total. The Morgan fingerprint density at radius 3 is 2.61 bits per heavy atom. The van der Waals surface area contributed by atoms with Crippen LogP contribution in [0, 0.1) is 5.82 Å². The van der Waals surface area contributed by atoms with Crippen molar-refractivity contribution in [1.29, 1.82) is 0 Å². The summed E-state index contributed by atoms with van der Waals surface area (Å²) < 4.78 is 15.1. The van der Waals surface area contributed by atoms with Crippen LogP contribution in [0.25, 0.3) is 0 Å². The monoisotopic (exact) mass is 391 g/mol. The van der Waals surface area contributed by atoms with Crippen molar-refractivity contribution in [2.45, 2.75) is 6.54 Å². The van der Waals surface area contributed by atoms with Crippen LogP contribution in [0.4, 0.5) is 10.1 Å². The molecule has 0 aliphatic heterocycles. The van der Waals surface area contributed by atoms with Crippen LogP contribution >= 0.6 is 43.5 Å². The van der Waals surface area contributed by atoms with Gasteiger partial charge in [-0.1, -0.05) is 27.5 Å². The molecule has 0 radical (unpaired) electrons. The summed E-state index contributed by atoms with van der Waals surface area (Å²) in [5, 5.41) is 3.63. The van der Waals surface area contributed by atoms with Crippen LogP contribution in [0.1, 0.15) is 5.56 Å². The van der Waals surface area contributed by atoms with E-state index in [-0.39, 0.29) is 5.82 Å². The second-order valence-corrected chi connectivity index (χ2v) is 5.96. The molecule has 2 rings (SSSR count). The molecule has 1 nitrogen and oxygen atoms in total. The number of hydrogen-bond acceptors (Lipinski definition) is 1. The van der Waals surface area contributed by atoms with Gasteiger partial charge in [0.1, 0.15) is 5.82 Å². The summed E-state index contributed by atoms with van der Waals surface area (Å²) in [6.45, 7) is 0.506. The average Bonchev–Trinajstić information content (AvgIpc) is 2.29. The van der Waals surface area contributed by atoms with Gasteiger partial charge in [-0.3, -0.25) is 0 Å². The summed E-state index contributed by atoms with van der Waals surface area (Å²) in [7, 11) is 0. The molecule has 0 spiro atoms. The first-order valence-electron chi connectivity index (χ1n) is 5.18. The van der Waals surface area contributed by atoms with Crippen LogP contribution in [0.15, 0.2) is 45.3 Å². The van der Waals surface area contributed by atoms with Crippen molar-refractivity contribution < 1.29 is 4.39 Å². The molecule has 0 fully saturated rings. The van der Waals surface area contributed by atoms with Gasteiger partial charge < -0.3 is 5.32 Å². The normalized spacial score (nSPS) is 10.4. The second kappa shape index (κ2) is 6.04. The zero-order valence-electron chi connectivity index (χ0n) is 9.18. The van der Waals surface area contributed by atoms with E-state index < -0.39 is 0 Å². The number of halogens is 4.